The van der Waals surface area contributed by atoms with Crippen molar-refractivity contribution < 1.29 is 14.7 Å². The summed E-state index contributed by atoms with van der Waals surface area (Å²) < 4.78 is 1.13. The first-order chi connectivity index (χ1) is 15.6. The molecule has 160 valence electrons. The highest BCUT2D eigenvalue weighted by atomic mass is 32.1. The van der Waals surface area contributed by atoms with Crippen LogP contribution in [0.25, 0.3) is 21.5 Å². The van der Waals surface area contributed by atoms with Crippen molar-refractivity contribution in [3.63, 3.8) is 0 Å². The van der Waals surface area contributed by atoms with Gasteiger partial charge in [-0.2, -0.15) is 0 Å². The Morgan fingerprint density at radius 2 is 1.75 bits per heavy atom. The minimum atomic E-state index is -0.874. The van der Waals surface area contributed by atoms with Gasteiger partial charge < -0.3 is 10.4 Å². The van der Waals surface area contributed by atoms with E-state index in [1.165, 1.54) is 0 Å². The van der Waals surface area contributed by atoms with Gasteiger partial charge in [-0.05, 0) is 37.1 Å². The summed E-state index contributed by atoms with van der Waals surface area (Å²) >= 11 is 1.59. The average molecular weight is 444 g/mol. The number of Topliss-reactive ketones (excluding diaryl/α,β-unsaturated/α-hetero) is 1. The molecule has 1 aliphatic carbocycles. The largest absolute Gasteiger partial charge is 0.481 e. The highest BCUT2D eigenvalue weighted by Gasteiger charge is 2.37. The summed E-state index contributed by atoms with van der Waals surface area (Å²) in [5, 5.41) is 13.5. The lowest BCUT2D eigenvalue weighted by atomic mass is 9.88. The Labute approximate surface area is 189 Å². The minimum Gasteiger partial charge on any atom is -0.481 e. The van der Waals surface area contributed by atoms with Gasteiger partial charge in [-0.15, -0.1) is 0 Å². The standard InChI is InChI=1S/C25H21N3O3S/c29-23(18-4-3-5-19(18)24(30)31)16-10-8-15(9-11-16)20-13-12-17(14-26-20)27-25-28-21-6-1-2-7-22(21)32-25/h1-2,6-14,18-19H,3-5H2,(H,27,28)(H,30,31). The molecule has 7 heteroatoms. The molecular formula is C25H21N3O3S. The van der Waals surface area contributed by atoms with Gasteiger partial charge in [0.2, 0.25) is 0 Å². The van der Waals surface area contributed by atoms with E-state index in [1.54, 1.807) is 29.7 Å². The molecule has 2 atom stereocenters. The van der Waals surface area contributed by atoms with Crippen LogP contribution in [-0.2, 0) is 4.79 Å². The zero-order chi connectivity index (χ0) is 22.1. The number of para-hydroxylation sites is 1. The smallest absolute Gasteiger partial charge is 0.307 e. The first kappa shape index (κ1) is 20.3. The summed E-state index contributed by atoms with van der Waals surface area (Å²) in [5.74, 6) is -1.95. The summed E-state index contributed by atoms with van der Waals surface area (Å²) in [5.41, 5.74) is 4.06. The SMILES string of the molecule is O=C(O)C1CCCC1C(=O)c1ccc(-c2ccc(Nc3nc4ccccc4s3)cn2)cc1. The average Bonchev–Trinajstić information content (AvgIpc) is 3.46. The lowest BCUT2D eigenvalue weighted by molar-refractivity contribution is -0.142. The fourth-order valence-electron chi connectivity index (χ4n) is 4.28. The Morgan fingerprint density at radius 3 is 2.47 bits per heavy atom. The number of benzene rings is 2. The van der Waals surface area contributed by atoms with E-state index in [-0.39, 0.29) is 5.78 Å². The number of carbonyl (C=O) groups excluding carboxylic acids is 1. The number of nitrogens with one attached hydrogen (secondary N) is 1. The number of aliphatic carboxylic acids is 1. The van der Waals surface area contributed by atoms with Gasteiger partial charge in [-0.25, -0.2) is 4.98 Å². The molecule has 0 radical (unpaired) electrons. The number of carboxylic acids is 1. The number of hydrogen-bond acceptors (Lipinski definition) is 6. The Kier molecular flexibility index (Phi) is 5.41. The number of thiazole rings is 1. The molecule has 0 amide bonds. The van der Waals surface area contributed by atoms with Crippen molar-refractivity contribution in [3.05, 3.63) is 72.4 Å². The third-order valence-corrected chi connectivity index (χ3v) is 6.90. The first-order valence-corrected chi connectivity index (χ1v) is 11.4. The second-order valence-corrected chi connectivity index (χ2v) is 9.00. The summed E-state index contributed by atoms with van der Waals surface area (Å²) in [4.78, 5) is 33.3. The predicted octanol–water partition coefficient (Wildman–Crippen LogP) is 5.79. The van der Waals surface area contributed by atoms with Gasteiger partial charge >= 0.3 is 5.97 Å². The van der Waals surface area contributed by atoms with Gasteiger partial charge in [-0.3, -0.25) is 14.6 Å². The van der Waals surface area contributed by atoms with Crippen molar-refractivity contribution in [1.82, 2.24) is 9.97 Å². The van der Waals surface area contributed by atoms with Crippen LogP contribution in [0.15, 0.2) is 66.9 Å². The summed E-state index contributed by atoms with van der Waals surface area (Å²) in [6.45, 7) is 0. The number of rotatable bonds is 6. The second kappa shape index (κ2) is 8.51. The maximum atomic E-state index is 12.8. The van der Waals surface area contributed by atoms with E-state index < -0.39 is 17.8 Å². The van der Waals surface area contributed by atoms with Crippen LogP contribution in [0, 0.1) is 11.8 Å². The zero-order valence-corrected chi connectivity index (χ0v) is 18.0. The molecule has 2 N–H and O–H groups in total. The summed E-state index contributed by atoms with van der Waals surface area (Å²) in [6.07, 6.45) is 3.76. The summed E-state index contributed by atoms with van der Waals surface area (Å²) in [6, 6.07) is 19.1. The maximum absolute atomic E-state index is 12.8. The molecule has 2 heterocycles. The van der Waals surface area contributed by atoms with Gasteiger partial charge in [0.25, 0.3) is 0 Å². The van der Waals surface area contributed by atoms with Gasteiger partial charge in [0, 0.05) is 17.0 Å². The molecule has 0 spiro atoms. The molecular weight excluding hydrogens is 422 g/mol. The van der Waals surface area contributed by atoms with E-state index in [0.717, 1.165) is 38.7 Å². The van der Waals surface area contributed by atoms with Gasteiger partial charge in [-0.1, -0.05) is 54.2 Å². The number of anilines is 2. The number of ketones is 1. The monoisotopic (exact) mass is 443 g/mol. The Bertz CT molecular complexity index is 1250. The highest BCUT2D eigenvalue weighted by molar-refractivity contribution is 7.22. The van der Waals surface area contributed by atoms with Crippen molar-refractivity contribution in [2.24, 2.45) is 11.8 Å². The van der Waals surface area contributed by atoms with Crippen molar-refractivity contribution in [2.45, 2.75) is 19.3 Å². The van der Waals surface area contributed by atoms with E-state index in [4.69, 9.17) is 0 Å². The molecule has 0 aliphatic heterocycles. The van der Waals surface area contributed by atoms with Crippen LogP contribution >= 0.6 is 11.3 Å². The van der Waals surface area contributed by atoms with Gasteiger partial charge in [0.05, 0.1) is 33.7 Å². The van der Waals surface area contributed by atoms with Crippen LogP contribution in [0.2, 0.25) is 0 Å². The van der Waals surface area contributed by atoms with E-state index in [0.29, 0.717) is 18.4 Å². The predicted molar refractivity (Wildman–Crippen MR) is 125 cm³/mol. The normalized spacial score (nSPS) is 18.0. The lowest BCUT2D eigenvalue weighted by Crippen LogP contribution is -2.25. The molecule has 4 aromatic rings. The third kappa shape index (κ3) is 3.99. The van der Waals surface area contributed by atoms with E-state index in [1.807, 2.05) is 48.5 Å². The van der Waals surface area contributed by atoms with Crippen LogP contribution in [0.5, 0.6) is 0 Å². The number of carbonyl (C=O) groups is 2. The lowest BCUT2D eigenvalue weighted by Gasteiger charge is -2.14. The van der Waals surface area contributed by atoms with Crippen LogP contribution in [0.3, 0.4) is 0 Å². The van der Waals surface area contributed by atoms with Crippen molar-refractivity contribution in [2.75, 3.05) is 5.32 Å². The van der Waals surface area contributed by atoms with Gasteiger partial charge in [0.15, 0.2) is 10.9 Å². The molecule has 1 aliphatic rings. The number of hydrogen-bond donors (Lipinski definition) is 2. The molecule has 32 heavy (non-hydrogen) atoms. The van der Waals surface area contributed by atoms with Crippen LogP contribution in [0.1, 0.15) is 29.6 Å². The van der Waals surface area contributed by atoms with Crippen molar-refractivity contribution in [3.8, 4) is 11.3 Å². The van der Waals surface area contributed by atoms with Crippen molar-refractivity contribution in [1.29, 1.82) is 0 Å². The maximum Gasteiger partial charge on any atom is 0.307 e. The van der Waals surface area contributed by atoms with Crippen LogP contribution in [-0.4, -0.2) is 26.8 Å². The number of carboxylic acid groups (broad SMARTS) is 1. The molecule has 5 rings (SSSR count). The second-order valence-electron chi connectivity index (χ2n) is 7.97. The van der Waals surface area contributed by atoms with E-state index >= 15 is 0 Å². The molecule has 2 aromatic carbocycles. The van der Waals surface area contributed by atoms with Crippen molar-refractivity contribution >= 4 is 44.1 Å². The molecule has 1 fully saturated rings. The van der Waals surface area contributed by atoms with Crippen LogP contribution in [0.4, 0.5) is 10.8 Å². The summed E-state index contributed by atoms with van der Waals surface area (Å²) in [7, 11) is 0. The topological polar surface area (TPSA) is 92.2 Å². The number of nitrogens with zero attached hydrogens (tertiary/aromatic N) is 2. The van der Waals surface area contributed by atoms with E-state index in [2.05, 4.69) is 15.3 Å². The molecule has 2 aromatic heterocycles. The molecule has 0 bridgehead atoms. The molecule has 6 nitrogen and oxygen atoms in total. The molecule has 2 unspecified atom stereocenters. The number of pyridine rings is 1. The van der Waals surface area contributed by atoms with Gasteiger partial charge in [0.1, 0.15) is 0 Å². The third-order valence-electron chi connectivity index (χ3n) is 5.94. The quantitative estimate of drug-likeness (QED) is 0.367. The highest BCUT2D eigenvalue weighted by Crippen LogP contribution is 2.35. The first-order valence-electron chi connectivity index (χ1n) is 10.5. The van der Waals surface area contributed by atoms with Crippen LogP contribution < -0.4 is 5.32 Å². The van der Waals surface area contributed by atoms with E-state index in [9.17, 15) is 14.7 Å². The zero-order valence-electron chi connectivity index (χ0n) is 17.2. The Hall–Kier alpha value is -3.58. The minimum absolute atomic E-state index is 0.0789. The molecule has 0 saturated heterocycles. The molecule has 1 saturated carbocycles. The number of fused-ring (bicyclic) bond motifs is 1. The Morgan fingerprint density at radius 1 is 0.969 bits per heavy atom. The fraction of sp³-hybridized carbons (Fsp3) is 0.200. The fourth-order valence-corrected chi connectivity index (χ4v) is 5.16. The number of aromatic nitrogens is 2. The Balaban J connectivity index is 1.29.